The number of para-hydroxylation sites is 1. The molecule has 3 aromatic rings. The van der Waals surface area contributed by atoms with Crippen LogP contribution in [-0.2, 0) is 16.9 Å². The molecular weight excluding hydrogens is 384 g/mol. The fourth-order valence-electron chi connectivity index (χ4n) is 3.70. The highest BCUT2D eigenvalue weighted by atomic mass is 16.5. The van der Waals surface area contributed by atoms with Crippen LogP contribution in [0.25, 0.3) is 0 Å². The SMILES string of the molecule is COc1ccc(CN2C(=O)C(O)(c3cc(O)c(O)c(C#N)c3)c3ccccc32)cc1. The summed E-state index contributed by atoms with van der Waals surface area (Å²) < 4.78 is 5.16. The molecule has 3 aromatic carbocycles. The number of carbonyl (C=O) groups excluding carboxylic acids is 1. The molecule has 1 aliphatic rings. The second-order valence-electron chi connectivity index (χ2n) is 6.97. The lowest BCUT2D eigenvalue weighted by Crippen LogP contribution is -2.41. The lowest BCUT2D eigenvalue weighted by atomic mass is 9.86. The van der Waals surface area contributed by atoms with Gasteiger partial charge in [0.25, 0.3) is 5.91 Å². The summed E-state index contributed by atoms with van der Waals surface area (Å²) in [6.07, 6.45) is 0. The van der Waals surface area contributed by atoms with Crippen molar-refractivity contribution >= 4 is 11.6 Å². The van der Waals surface area contributed by atoms with E-state index in [9.17, 15) is 25.4 Å². The van der Waals surface area contributed by atoms with E-state index in [1.165, 1.54) is 11.0 Å². The Morgan fingerprint density at radius 1 is 1.10 bits per heavy atom. The zero-order chi connectivity index (χ0) is 21.5. The fourth-order valence-corrected chi connectivity index (χ4v) is 3.70. The maximum Gasteiger partial charge on any atom is 0.268 e. The van der Waals surface area contributed by atoms with Crippen LogP contribution in [0.2, 0.25) is 0 Å². The van der Waals surface area contributed by atoms with Crippen LogP contribution in [0, 0.1) is 11.3 Å². The first-order valence-electron chi connectivity index (χ1n) is 9.13. The molecule has 0 spiro atoms. The third-order valence-corrected chi connectivity index (χ3v) is 5.27. The molecule has 0 aliphatic carbocycles. The predicted octanol–water partition coefficient (Wildman–Crippen LogP) is 2.76. The molecule has 3 N–H and O–H groups in total. The third kappa shape index (κ3) is 2.82. The van der Waals surface area contributed by atoms with Gasteiger partial charge in [0, 0.05) is 11.1 Å². The molecule has 1 aliphatic heterocycles. The second-order valence-corrected chi connectivity index (χ2v) is 6.97. The number of methoxy groups -OCH3 is 1. The quantitative estimate of drug-likeness (QED) is 0.578. The zero-order valence-electron chi connectivity index (χ0n) is 16.0. The van der Waals surface area contributed by atoms with E-state index in [0.717, 1.165) is 11.6 Å². The smallest absolute Gasteiger partial charge is 0.268 e. The van der Waals surface area contributed by atoms with Gasteiger partial charge in [-0.2, -0.15) is 5.26 Å². The highest BCUT2D eigenvalue weighted by Gasteiger charge is 2.51. The average Bonchev–Trinajstić information content (AvgIpc) is 2.99. The van der Waals surface area contributed by atoms with E-state index in [1.807, 2.05) is 12.1 Å². The van der Waals surface area contributed by atoms with E-state index in [-0.39, 0.29) is 17.7 Å². The number of hydrogen-bond donors (Lipinski definition) is 3. The Morgan fingerprint density at radius 3 is 2.47 bits per heavy atom. The van der Waals surface area contributed by atoms with Crippen LogP contribution in [0.5, 0.6) is 17.2 Å². The molecule has 1 atom stereocenters. The van der Waals surface area contributed by atoms with Crippen molar-refractivity contribution in [3.8, 4) is 23.3 Å². The summed E-state index contributed by atoms with van der Waals surface area (Å²) in [6, 6.07) is 18.1. The van der Waals surface area contributed by atoms with Crippen LogP contribution in [0.1, 0.15) is 22.3 Å². The lowest BCUT2D eigenvalue weighted by molar-refractivity contribution is -0.132. The summed E-state index contributed by atoms with van der Waals surface area (Å²) in [4.78, 5) is 14.9. The number of aliphatic hydroxyl groups is 1. The number of rotatable bonds is 4. The van der Waals surface area contributed by atoms with Gasteiger partial charge in [-0.25, -0.2) is 0 Å². The maximum atomic E-state index is 13.4. The van der Waals surface area contributed by atoms with Crippen molar-refractivity contribution in [1.82, 2.24) is 0 Å². The Labute approximate surface area is 172 Å². The van der Waals surface area contributed by atoms with Gasteiger partial charge in [-0.05, 0) is 35.9 Å². The van der Waals surface area contributed by atoms with Gasteiger partial charge in [0.1, 0.15) is 11.8 Å². The van der Waals surface area contributed by atoms with Crippen molar-refractivity contribution in [2.75, 3.05) is 12.0 Å². The number of nitrogens with zero attached hydrogens (tertiary/aromatic N) is 2. The van der Waals surface area contributed by atoms with Gasteiger partial charge < -0.3 is 25.0 Å². The van der Waals surface area contributed by atoms with Gasteiger partial charge in [0.15, 0.2) is 17.1 Å². The van der Waals surface area contributed by atoms with E-state index < -0.39 is 23.0 Å². The standard InChI is InChI=1S/C23H18N2O5/c1-30-17-8-6-14(7-9-17)13-25-19-5-3-2-4-18(19)23(29,22(25)28)16-10-15(12-24)21(27)20(26)11-16/h2-11,26-27,29H,13H2,1H3. The molecule has 7 heteroatoms. The predicted molar refractivity (Wildman–Crippen MR) is 108 cm³/mol. The number of ether oxygens (including phenoxy) is 1. The van der Waals surface area contributed by atoms with Crippen molar-refractivity contribution in [2.45, 2.75) is 12.1 Å². The normalized spacial score (nSPS) is 17.5. The van der Waals surface area contributed by atoms with E-state index in [0.29, 0.717) is 17.0 Å². The number of amides is 1. The summed E-state index contributed by atoms with van der Waals surface area (Å²) >= 11 is 0. The molecule has 1 heterocycles. The minimum atomic E-state index is -2.11. The van der Waals surface area contributed by atoms with E-state index in [2.05, 4.69) is 0 Å². The molecule has 0 fully saturated rings. The van der Waals surface area contributed by atoms with Crippen molar-refractivity contribution in [3.05, 3.63) is 82.9 Å². The number of aromatic hydroxyl groups is 2. The van der Waals surface area contributed by atoms with Gasteiger partial charge in [-0.3, -0.25) is 4.79 Å². The summed E-state index contributed by atoms with van der Waals surface area (Å²) in [5, 5.41) is 40.6. The Morgan fingerprint density at radius 2 is 1.80 bits per heavy atom. The van der Waals surface area contributed by atoms with Gasteiger partial charge in [0.2, 0.25) is 0 Å². The van der Waals surface area contributed by atoms with Gasteiger partial charge in [0.05, 0.1) is 24.9 Å². The molecular formula is C23H18N2O5. The molecule has 7 nitrogen and oxygen atoms in total. The minimum Gasteiger partial charge on any atom is -0.504 e. The summed E-state index contributed by atoms with van der Waals surface area (Å²) in [5.74, 6) is -1.12. The summed E-state index contributed by atoms with van der Waals surface area (Å²) in [5.41, 5.74) is -0.667. The number of phenols is 2. The van der Waals surface area contributed by atoms with Gasteiger partial charge >= 0.3 is 0 Å². The topological polar surface area (TPSA) is 114 Å². The highest BCUT2D eigenvalue weighted by molar-refractivity contribution is 6.09. The highest BCUT2D eigenvalue weighted by Crippen LogP contribution is 2.47. The Balaban J connectivity index is 1.82. The number of anilines is 1. The van der Waals surface area contributed by atoms with Gasteiger partial charge in [-0.15, -0.1) is 0 Å². The largest absolute Gasteiger partial charge is 0.504 e. The Kier molecular flexibility index (Phi) is 4.57. The fraction of sp³-hybridized carbons (Fsp3) is 0.130. The number of benzene rings is 3. The molecule has 150 valence electrons. The van der Waals surface area contributed by atoms with Crippen LogP contribution >= 0.6 is 0 Å². The van der Waals surface area contributed by atoms with Crippen LogP contribution in [0.4, 0.5) is 5.69 Å². The van der Waals surface area contributed by atoms with Crippen molar-refractivity contribution in [1.29, 1.82) is 5.26 Å². The number of hydrogen-bond acceptors (Lipinski definition) is 6. The minimum absolute atomic E-state index is 0.00373. The molecule has 0 saturated heterocycles. The molecule has 1 unspecified atom stereocenters. The molecule has 0 radical (unpaired) electrons. The summed E-state index contributed by atoms with van der Waals surface area (Å²) in [7, 11) is 1.57. The average molecular weight is 402 g/mol. The summed E-state index contributed by atoms with van der Waals surface area (Å²) in [6.45, 7) is 0.206. The first-order valence-corrected chi connectivity index (χ1v) is 9.13. The molecule has 30 heavy (non-hydrogen) atoms. The molecule has 4 rings (SSSR count). The molecule has 0 saturated carbocycles. The van der Waals surface area contributed by atoms with E-state index in [4.69, 9.17) is 4.74 Å². The first kappa shape index (κ1) is 19.3. The van der Waals surface area contributed by atoms with Crippen molar-refractivity contribution in [2.24, 2.45) is 0 Å². The molecule has 1 amide bonds. The van der Waals surface area contributed by atoms with Crippen molar-refractivity contribution in [3.63, 3.8) is 0 Å². The van der Waals surface area contributed by atoms with Crippen LogP contribution < -0.4 is 9.64 Å². The Hall–Kier alpha value is -4.02. The number of nitriles is 1. The molecule has 0 bridgehead atoms. The monoisotopic (exact) mass is 402 g/mol. The number of fused-ring (bicyclic) bond motifs is 1. The van der Waals surface area contributed by atoms with E-state index in [1.54, 1.807) is 49.6 Å². The van der Waals surface area contributed by atoms with Crippen LogP contribution in [0.15, 0.2) is 60.7 Å². The molecule has 0 aromatic heterocycles. The second kappa shape index (κ2) is 7.10. The van der Waals surface area contributed by atoms with Crippen LogP contribution in [0.3, 0.4) is 0 Å². The maximum absolute atomic E-state index is 13.4. The third-order valence-electron chi connectivity index (χ3n) is 5.27. The zero-order valence-corrected chi connectivity index (χ0v) is 16.0. The first-order chi connectivity index (χ1) is 14.4. The van der Waals surface area contributed by atoms with E-state index >= 15 is 0 Å². The van der Waals surface area contributed by atoms with Gasteiger partial charge in [-0.1, -0.05) is 30.3 Å². The van der Waals surface area contributed by atoms with Crippen LogP contribution in [-0.4, -0.2) is 28.3 Å². The Bertz CT molecular complexity index is 1180. The van der Waals surface area contributed by atoms with Crippen molar-refractivity contribution < 1.29 is 24.9 Å². The number of carbonyl (C=O) groups is 1. The number of phenolic OH excluding ortho intramolecular Hbond substituents is 2. The lowest BCUT2D eigenvalue weighted by Gasteiger charge is -2.24.